The van der Waals surface area contributed by atoms with Crippen LogP contribution in [0.2, 0.25) is 0 Å². The molecule has 0 amide bonds. The molecule has 1 rings (SSSR count). The maximum atomic E-state index is 10.7. The number of carbonyl (C=O) groups is 1. The van der Waals surface area contributed by atoms with Crippen LogP contribution in [-0.2, 0) is 4.79 Å². The summed E-state index contributed by atoms with van der Waals surface area (Å²) in [7, 11) is 0. The molecule has 1 heterocycles. The summed E-state index contributed by atoms with van der Waals surface area (Å²) < 4.78 is 0. The number of nitrogens with two attached hydrogens (primary N) is 1. The Morgan fingerprint density at radius 1 is 1.79 bits per heavy atom. The molecule has 78 valence electrons. The van der Waals surface area contributed by atoms with Gasteiger partial charge in [0.15, 0.2) is 0 Å². The lowest BCUT2D eigenvalue weighted by atomic mass is 9.84. The summed E-state index contributed by atoms with van der Waals surface area (Å²) in [6.07, 6.45) is 0.0211. The van der Waals surface area contributed by atoms with Crippen molar-refractivity contribution >= 4 is 17.3 Å². The van der Waals surface area contributed by atoms with Crippen LogP contribution in [0.1, 0.15) is 31.9 Å². The van der Waals surface area contributed by atoms with Gasteiger partial charge in [-0.25, -0.2) is 4.98 Å². The van der Waals surface area contributed by atoms with Crippen LogP contribution >= 0.6 is 11.3 Å². The summed E-state index contributed by atoms with van der Waals surface area (Å²) in [5.41, 5.74) is 7.82. The third-order valence-electron chi connectivity index (χ3n) is 2.09. The largest absolute Gasteiger partial charge is 0.481 e. The van der Waals surface area contributed by atoms with Gasteiger partial charge >= 0.3 is 5.97 Å². The van der Waals surface area contributed by atoms with E-state index in [9.17, 15) is 4.79 Å². The Balaban J connectivity index is 2.89. The summed E-state index contributed by atoms with van der Waals surface area (Å²) in [5, 5.41) is 10.6. The zero-order chi connectivity index (χ0) is 10.8. The van der Waals surface area contributed by atoms with Crippen LogP contribution in [0.25, 0.3) is 0 Å². The fourth-order valence-electron chi connectivity index (χ4n) is 1.32. The lowest BCUT2D eigenvalue weighted by molar-refractivity contribution is -0.137. The number of aliphatic carboxylic acids is 1. The molecule has 4 nitrogen and oxygen atoms in total. The molecular weight excluding hydrogens is 200 g/mol. The quantitative estimate of drug-likeness (QED) is 0.795. The maximum Gasteiger partial charge on any atom is 0.304 e. The molecule has 0 fully saturated rings. The van der Waals surface area contributed by atoms with E-state index in [4.69, 9.17) is 10.8 Å². The third-order valence-corrected chi connectivity index (χ3v) is 2.69. The van der Waals surface area contributed by atoms with Crippen molar-refractivity contribution < 1.29 is 9.90 Å². The van der Waals surface area contributed by atoms with Crippen LogP contribution in [0.15, 0.2) is 10.9 Å². The molecule has 0 saturated carbocycles. The maximum absolute atomic E-state index is 10.7. The number of hydrogen-bond acceptors (Lipinski definition) is 4. The summed E-state index contributed by atoms with van der Waals surface area (Å²) >= 11 is 1.45. The summed E-state index contributed by atoms with van der Waals surface area (Å²) in [5.74, 6) is -1.08. The van der Waals surface area contributed by atoms with E-state index in [2.05, 4.69) is 4.98 Å². The van der Waals surface area contributed by atoms with E-state index in [-0.39, 0.29) is 12.3 Å². The van der Waals surface area contributed by atoms with Gasteiger partial charge in [0.25, 0.3) is 0 Å². The van der Waals surface area contributed by atoms with Crippen LogP contribution in [0.4, 0.5) is 0 Å². The van der Waals surface area contributed by atoms with Gasteiger partial charge in [0.1, 0.15) is 0 Å². The number of aromatic nitrogens is 1. The third kappa shape index (κ3) is 2.78. The van der Waals surface area contributed by atoms with Gasteiger partial charge in [0.05, 0.1) is 17.6 Å². The minimum absolute atomic E-state index is 0.0211. The minimum atomic E-state index is -0.846. The van der Waals surface area contributed by atoms with Gasteiger partial charge in [-0.3, -0.25) is 4.79 Å². The second-order valence-electron chi connectivity index (χ2n) is 3.89. The highest BCUT2D eigenvalue weighted by atomic mass is 32.1. The average Bonchev–Trinajstić information content (AvgIpc) is 2.49. The SMILES string of the molecule is CC(C)(N)C(CC(=O)O)c1cscn1. The van der Waals surface area contributed by atoms with E-state index in [0.717, 1.165) is 5.69 Å². The summed E-state index contributed by atoms with van der Waals surface area (Å²) in [6.45, 7) is 3.64. The van der Waals surface area contributed by atoms with E-state index in [1.165, 1.54) is 11.3 Å². The van der Waals surface area contributed by atoms with Crippen molar-refractivity contribution in [2.75, 3.05) is 0 Å². The molecular formula is C9H14N2O2S. The first-order valence-electron chi connectivity index (χ1n) is 4.30. The van der Waals surface area contributed by atoms with Crippen molar-refractivity contribution in [3.63, 3.8) is 0 Å². The van der Waals surface area contributed by atoms with Crippen molar-refractivity contribution in [2.24, 2.45) is 5.73 Å². The molecule has 0 aliphatic heterocycles. The Labute approximate surface area is 86.8 Å². The number of rotatable bonds is 4. The topological polar surface area (TPSA) is 76.2 Å². The molecule has 5 heteroatoms. The van der Waals surface area contributed by atoms with Gasteiger partial charge in [-0.1, -0.05) is 0 Å². The van der Waals surface area contributed by atoms with Crippen molar-refractivity contribution in [2.45, 2.75) is 31.7 Å². The molecule has 0 aliphatic rings. The normalized spacial score (nSPS) is 13.9. The van der Waals surface area contributed by atoms with E-state index in [1.54, 1.807) is 5.51 Å². The molecule has 0 spiro atoms. The van der Waals surface area contributed by atoms with E-state index in [0.29, 0.717) is 0 Å². The molecule has 1 aromatic rings. The molecule has 3 N–H and O–H groups in total. The van der Waals surface area contributed by atoms with Crippen molar-refractivity contribution in [3.05, 3.63) is 16.6 Å². The van der Waals surface area contributed by atoms with Gasteiger partial charge in [-0.15, -0.1) is 11.3 Å². The second kappa shape index (κ2) is 4.06. The Kier molecular flexibility index (Phi) is 3.23. The predicted octanol–water partition coefficient (Wildman–Crippen LogP) is 1.44. The molecule has 0 radical (unpaired) electrons. The lowest BCUT2D eigenvalue weighted by Gasteiger charge is -2.27. The van der Waals surface area contributed by atoms with Gasteiger partial charge in [-0.05, 0) is 13.8 Å². The minimum Gasteiger partial charge on any atom is -0.481 e. The summed E-state index contributed by atoms with van der Waals surface area (Å²) in [4.78, 5) is 14.8. The van der Waals surface area contributed by atoms with Crippen LogP contribution < -0.4 is 5.73 Å². The zero-order valence-electron chi connectivity index (χ0n) is 8.23. The van der Waals surface area contributed by atoms with E-state index < -0.39 is 11.5 Å². The number of carboxylic acids is 1. The van der Waals surface area contributed by atoms with Gasteiger partial charge in [0, 0.05) is 16.8 Å². The lowest BCUT2D eigenvalue weighted by Crippen LogP contribution is -2.40. The second-order valence-corrected chi connectivity index (χ2v) is 4.60. The smallest absolute Gasteiger partial charge is 0.304 e. The highest BCUT2D eigenvalue weighted by molar-refractivity contribution is 7.07. The van der Waals surface area contributed by atoms with Gasteiger partial charge in [0.2, 0.25) is 0 Å². The highest BCUT2D eigenvalue weighted by Gasteiger charge is 2.30. The molecule has 0 bridgehead atoms. The monoisotopic (exact) mass is 214 g/mol. The molecule has 0 saturated heterocycles. The Morgan fingerprint density at radius 3 is 2.79 bits per heavy atom. The molecule has 1 unspecified atom stereocenters. The zero-order valence-corrected chi connectivity index (χ0v) is 9.04. The Morgan fingerprint density at radius 2 is 2.43 bits per heavy atom. The van der Waals surface area contributed by atoms with E-state index >= 15 is 0 Å². The first-order chi connectivity index (χ1) is 6.41. The number of thiazole rings is 1. The van der Waals surface area contributed by atoms with Crippen LogP contribution in [0.5, 0.6) is 0 Å². The fourth-order valence-corrected chi connectivity index (χ4v) is 1.93. The average molecular weight is 214 g/mol. The summed E-state index contributed by atoms with van der Waals surface area (Å²) in [6, 6.07) is 0. The van der Waals surface area contributed by atoms with Crippen LogP contribution in [0, 0.1) is 0 Å². The van der Waals surface area contributed by atoms with Crippen LogP contribution in [0.3, 0.4) is 0 Å². The molecule has 1 aromatic heterocycles. The number of hydrogen-bond donors (Lipinski definition) is 2. The van der Waals surface area contributed by atoms with E-state index in [1.807, 2.05) is 19.2 Å². The van der Waals surface area contributed by atoms with Gasteiger partial charge < -0.3 is 10.8 Å². The molecule has 0 aromatic carbocycles. The highest BCUT2D eigenvalue weighted by Crippen LogP contribution is 2.29. The standard InChI is InChI=1S/C9H14N2O2S/c1-9(2,10)6(3-8(12)13)7-4-14-5-11-7/h4-6H,3,10H2,1-2H3,(H,12,13). The van der Waals surface area contributed by atoms with Crippen molar-refractivity contribution in [1.29, 1.82) is 0 Å². The number of carboxylic acid groups (broad SMARTS) is 1. The van der Waals surface area contributed by atoms with Crippen molar-refractivity contribution in [3.8, 4) is 0 Å². The molecule has 1 atom stereocenters. The van der Waals surface area contributed by atoms with Crippen LogP contribution in [-0.4, -0.2) is 21.6 Å². The first-order valence-corrected chi connectivity index (χ1v) is 5.24. The predicted molar refractivity (Wildman–Crippen MR) is 55.4 cm³/mol. The van der Waals surface area contributed by atoms with Crippen molar-refractivity contribution in [1.82, 2.24) is 4.98 Å². The Bertz CT molecular complexity index is 303. The molecule has 14 heavy (non-hydrogen) atoms. The Hall–Kier alpha value is -0.940. The fraction of sp³-hybridized carbons (Fsp3) is 0.556. The first kappa shape index (κ1) is 11.1. The number of nitrogens with zero attached hydrogens (tertiary/aromatic N) is 1. The van der Waals surface area contributed by atoms with Gasteiger partial charge in [-0.2, -0.15) is 0 Å². The molecule has 0 aliphatic carbocycles.